The van der Waals surface area contributed by atoms with Crippen molar-refractivity contribution in [2.24, 2.45) is 0 Å². The first-order valence-corrected chi connectivity index (χ1v) is 6.45. The van der Waals surface area contributed by atoms with Gasteiger partial charge in [-0.1, -0.05) is 12.1 Å². The van der Waals surface area contributed by atoms with Crippen LogP contribution in [0.2, 0.25) is 0 Å². The highest BCUT2D eigenvalue weighted by Gasteiger charge is 2.07. The van der Waals surface area contributed by atoms with Crippen LogP contribution in [0.3, 0.4) is 0 Å². The van der Waals surface area contributed by atoms with E-state index in [1.807, 2.05) is 45.0 Å². The van der Waals surface area contributed by atoms with Gasteiger partial charge in [-0.25, -0.2) is 4.98 Å². The first-order chi connectivity index (χ1) is 9.54. The average Bonchev–Trinajstić information content (AvgIpc) is 2.83. The zero-order valence-electron chi connectivity index (χ0n) is 11.8. The van der Waals surface area contributed by atoms with Crippen molar-refractivity contribution in [2.75, 3.05) is 11.9 Å². The SMILES string of the molecule is Cc1nc(-c2cccc(NC(=O)COC(C)C)c2)n[nH]1. The van der Waals surface area contributed by atoms with Gasteiger partial charge in [0.15, 0.2) is 5.82 Å². The van der Waals surface area contributed by atoms with Gasteiger partial charge in [-0.3, -0.25) is 9.89 Å². The molecule has 6 nitrogen and oxygen atoms in total. The fourth-order valence-corrected chi connectivity index (χ4v) is 1.65. The van der Waals surface area contributed by atoms with Crippen LogP contribution in [-0.2, 0) is 9.53 Å². The van der Waals surface area contributed by atoms with Crippen molar-refractivity contribution in [3.8, 4) is 11.4 Å². The predicted molar refractivity (Wildman–Crippen MR) is 76.3 cm³/mol. The maximum absolute atomic E-state index is 11.7. The second kappa shape index (κ2) is 6.29. The number of amides is 1. The standard InChI is InChI=1S/C14H18N4O2/c1-9(2)20-8-13(19)16-12-6-4-5-11(7-12)14-15-10(3)17-18-14/h4-7,9H,8H2,1-3H3,(H,16,19)(H,15,17,18). The molecule has 1 amide bonds. The van der Waals surface area contributed by atoms with Gasteiger partial charge in [0, 0.05) is 11.3 Å². The second-order valence-corrected chi connectivity index (χ2v) is 4.73. The first-order valence-electron chi connectivity index (χ1n) is 6.45. The van der Waals surface area contributed by atoms with Gasteiger partial charge in [0.25, 0.3) is 0 Å². The molecular weight excluding hydrogens is 256 g/mol. The van der Waals surface area contributed by atoms with E-state index >= 15 is 0 Å². The zero-order chi connectivity index (χ0) is 14.5. The fraction of sp³-hybridized carbons (Fsp3) is 0.357. The summed E-state index contributed by atoms with van der Waals surface area (Å²) in [4.78, 5) is 16.0. The summed E-state index contributed by atoms with van der Waals surface area (Å²) in [7, 11) is 0. The summed E-state index contributed by atoms with van der Waals surface area (Å²) in [6, 6.07) is 7.38. The Hall–Kier alpha value is -2.21. The maximum atomic E-state index is 11.7. The van der Waals surface area contributed by atoms with Gasteiger partial charge in [-0.2, -0.15) is 5.10 Å². The van der Waals surface area contributed by atoms with Crippen LogP contribution in [-0.4, -0.2) is 33.8 Å². The number of ether oxygens (including phenoxy) is 1. The van der Waals surface area contributed by atoms with E-state index in [-0.39, 0.29) is 18.6 Å². The summed E-state index contributed by atoms with van der Waals surface area (Å²) in [5.41, 5.74) is 1.54. The smallest absolute Gasteiger partial charge is 0.250 e. The molecule has 0 radical (unpaired) electrons. The molecule has 1 aromatic heterocycles. The molecule has 0 saturated heterocycles. The number of hydrogen-bond donors (Lipinski definition) is 2. The van der Waals surface area contributed by atoms with E-state index in [4.69, 9.17) is 4.74 Å². The average molecular weight is 274 g/mol. The fourth-order valence-electron chi connectivity index (χ4n) is 1.65. The van der Waals surface area contributed by atoms with Crippen molar-refractivity contribution >= 4 is 11.6 Å². The summed E-state index contributed by atoms with van der Waals surface area (Å²) < 4.78 is 5.25. The summed E-state index contributed by atoms with van der Waals surface area (Å²) >= 11 is 0. The summed E-state index contributed by atoms with van der Waals surface area (Å²) in [6.45, 7) is 5.66. The van der Waals surface area contributed by atoms with Crippen LogP contribution >= 0.6 is 0 Å². The van der Waals surface area contributed by atoms with Crippen LogP contribution in [0.15, 0.2) is 24.3 Å². The van der Waals surface area contributed by atoms with Crippen LogP contribution < -0.4 is 5.32 Å². The highest BCUT2D eigenvalue weighted by molar-refractivity contribution is 5.92. The molecule has 2 aromatic rings. The Morgan fingerprint density at radius 2 is 2.25 bits per heavy atom. The zero-order valence-corrected chi connectivity index (χ0v) is 11.8. The lowest BCUT2D eigenvalue weighted by molar-refractivity contribution is -0.121. The topological polar surface area (TPSA) is 79.9 Å². The van der Waals surface area contributed by atoms with Crippen molar-refractivity contribution in [3.63, 3.8) is 0 Å². The lowest BCUT2D eigenvalue weighted by Gasteiger charge is -2.09. The minimum atomic E-state index is -0.179. The lowest BCUT2D eigenvalue weighted by atomic mass is 10.2. The van der Waals surface area contributed by atoms with Gasteiger partial charge in [0.1, 0.15) is 12.4 Å². The normalized spacial score (nSPS) is 10.8. The van der Waals surface area contributed by atoms with Crippen molar-refractivity contribution in [1.29, 1.82) is 0 Å². The predicted octanol–water partition coefficient (Wildman–Crippen LogP) is 2.14. The molecule has 0 aliphatic carbocycles. The van der Waals surface area contributed by atoms with Gasteiger partial charge in [-0.05, 0) is 32.9 Å². The van der Waals surface area contributed by atoms with E-state index in [1.54, 1.807) is 0 Å². The number of nitrogens with one attached hydrogen (secondary N) is 2. The lowest BCUT2D eigenvalue weighted by Crippen LogP contribution is -2.20. The maximum Gasteiger partial charge on any atom is 0.250 e. The van der Waals surface area contributed by atoms with Gasteiger partial charge < -0.3 is 10.1 Å². The highest BCUT2D eigenvalue weighted by atomic mass is 16.5. The Balaban J connectivity index is 2.05. The molecule has 2 N–H and O–H groups in total. The minimum Gasteiger partial charge on any atom is -0.369 e. The van der Waals surface area contributed by atoms with Crippen LogP contribution in [0.1, 0.15) is 19.7 Å². The number of rotatable bonds is 5. The molecule has 0 unspecified atom stereocenters. The molecule has 1 aromatic carbocycles. The molecule has 0 bridgehead atoms. The van der Waals surface area contributed by atoms with Crippen LogP contribution in [0, 0.1) is 6.92 Å². The Morgan fingerprint density at radius 3 is 2.90 bits per heavy atom. The first kappa shape index (κ1) is 14.2. The van der Waals surface area contributed by atoms with Crippen molar-refractivity contribution in [1.82, 2.24) is 15.2 Å². The minimum absolute atomic E-state index is 0.0308. The van der Waals surface area contributed by atoms with Crippen LogP contribution in [0.25, 0.3) is 11.4 Å². The van der Waals surface area contributed by atoms with E-state index in [0.29, 0.717) is 11.5 Å². The van der Waals surface area contributed by atoms with Gasteiger partial charge >= 0.3 is 0 Å². The van der Waals surface area contributed by atoms with Gasteiger partial charge in [-0.15, -0.1) is 0 Å². The van der Waals surface area contributed by atoms with Crippen molar-refractivity contribution in [2.45, 2.75) is 26.9 Å². The molecule has 0 fully saturated rings. The Bertz CT molecular complexity index is 592. The van der Waals surface area contributed by atoms with E-state index in [0.717, 1.165) is 11.4 Å². The van der Waals surface area contributed by atoms with E-state index in [2.05, 4.69) is 20.5 Å². The Kier molecular flexibility index (Phi) is 4.47. The van der Waals surface area contributed by atoms with Crippen molar-refractivity contribution < 1.29 is 9.53 Å². The quantitative estimate of drug-likeness (QED) is 0.875. The number of carbonyl (C=O) groups is 1. The van der Waals surface area contributed by atoms with Crippen LogP contribution in [0.4, 0.5) is 5.69 Å². The number of aromatic amines is 1. The van der Waals surface area contributed by atoms with E-state index in [9.17, 15) is 4.79 Å². The molecule has 0 saturated carbocycles. The summed E-state index contributed by atoms with van der Waals surface area (Å²) in [6.07, 6.45) is 0.0308. The van der Waals surface area contributed by atoms with Crippen LogP contribution in [0.5, 0.6) is 0 Å². The number of carbonyl (C=O) groups excluding carboxylic acids is 1. The summed E-state index contributed by atoms with van der Waals surface area (Å²) in [5.74, 6) is 1.18. The Morgan fingerprint density at radius 1 is 1.45 bits per heavy atom. The molecule has 2 rings (SSSR count). The number of aromatic nitrogens is 3. The van der Waals surface area contributed by atoms with E-state index < -0.39 is 0 Å². The number of benzene rings is 1. The highest BCUT2D eigenvalue weighted by Crippen LogP contribution is 2.19. The van der Waals surface area contributed by atoms with Gasteiger partial charge in [0.2, 0.25) is 5.91 Å². The third-order valence-electron chi connectivity index (χ3n) is 2.55. The van der Waals surface area contributed by atoms with E-state index in [1.165, 1.54) is 0 Å². The largest absolute Gasteiger partial charge is 0.369 e. The number of hydrogen-bond acceptors (Lipinski definition) is 4. The van der Waals surface area contributed by atoms with Crippen molar-refractivity contribution in [3.05, 3.63) is 30.1 Å². The Labute approximate surface area is 117 Å². The molecule has 0 aliphatic rings. The number of aryl methyl sites for hydroxylation is 1. The molecule has 0 atom stereocenters. The summed E-state index contributed by atoms with van der Waals surface area (Å²) in [5, 5.41) is 9.67. The number of nitrogens with zero attached hydrogens (tertiary/aromatic N) is 2. The number of anilines is 1. The molecular formula is C14H18N4O2. The molecule has 6 heteroatoms. The molecule has 0 aliphatic heterocycles. The number of H-pyrrole nitrogens is 1. The van der Waals surface area contributed by atoms with Gasteiger partial charge in [0.05, 0.1) is 6.10 Å². The monoisotopic (exact) mass is 274 g/mol. The molecule has 0 spiro atoms. The molecule has 1 heterocycles. The third kappa shape index (κ3) is 3.89. The molecule has 106 valence electrons. The molecule has 20 heavy (non-hydrogen) atoms. The second-order valence-electron chi connectivity index (χ2n) is 4.73. The third-order valence-corrected chi connectivity index (χ3v) is 2.55.